The molecule has 0 saturated heterocycles. The molecule has 4 nitrogen and oxygen atoms in total. The summed E-state index contributed by atoms with van der Waals surface area (Å²) in [4.78, 5) is 17.3. The number of aromatic nitrogens is 2. The van der Waals surface area contributed by atoms with Gasteiger partial charge in [0, 0.05) is 12.1 Å². The lowest BCUT2D eigenvalue weighted by atomic mass is 10.4. The number of rotatable bonds is 1. The minimum absolute atomic E-state index is 0.130. The molecule has 1 aliphatic rings. The van der Waals surface area contributed by atoms with Crippen molar-refractivity contribution in [1.29, 1.82) is 0 Å². The largest absolute Gasteiger partial charge is 0.369 e. The summed E-state index contributed by atoms with van der Waals surface area (Å²) < 4.78 is 0. The summed E-state index contributed by atoms with van der Waals surface area (Å²) in [6.45, 7) is 0. The number of carbonyl (C=O) groups excluding carboxylic acids is 1. The fraction of sp³-hybridized carbons (Fsp3) is 0.375. The van der Waals surface area contributed by atoms with E-state index in [4.69, 9.17) is 17.3 Å². The summed E-state index contributed by atoms with van der Waals surface area (Å²) in [6, 6.07) is 1.63. The van der Waals surface area contributed by atoms with Gasteiger partial charge in [-0.15, -0.1) is 0 Å². The topological polar surface area (TPSA) is 68.9 Å². The summed E-state index contributed by atoms with van der Waals surface area (Å²) in [7, 11) is 0. The van der Waals surface area contributed by atoms with Gasteiger partial charge in [0.05, 0.1) is 0 Å². The molecule has 2 N–H and O–H groups in total. The monoisotopic (exact) mass is 199 g/mol. The molecule has 1 amide bonds. The first-order chi connectivity index (χ1) is 6.20. The average Bonchev–Trinajstić information content (AvgIpc) is 2.88. The van der Waals surface area contributed by atoms with E-state index in [-0.39, 0.29) is 11.8 Å². The molecule has 0 bridgehead atoms. The van der Waals surface area contributed by atoms with Crippen molar-refractivity contribution in [2.24, 2.45) is 11.7 Å². The van der Waals surface area contributed by atoms with E-state index in [1.807, 2.05) is 0 Å². The Morgan fingerprint density at radius 3 is 2.46 bits per heavy atom. The number of nitrogens with two attached hydrogens (primary N) is 1. The fourth-order valence-corrected chi connectivity index (χ4v) is 0.742. The van der Waals surface area contributed by atoms with Crippen molar-refractivity contribution in [3.8, 4) is 0 Å². The second-order valence-electron chi connectivity index (χ2n) is 2.71. The van der Waals surface area contributed by atoms with Crippen molar-refractivity contribution < 1.29 is 4.79 Å². The zero-order chi connectivity index (χ0) is 9.68. The van der Waals surface area contributed by atoms with E-state index in [1.54, 1.807) is 12.3 Å². The minimum atomic E-state index is -0.130. The smallest absolute Gasteiger partial charge is 0.220 e. The second-order valence-corrected chi connectivity index (χ2v) is 3.10. The molecule has 1 saturated carbocycles. The van der Waals surface area contributed by atoms with Crippen LogP contribution >= 0.6 is 11.6 Å². The van der Waals surface area contributed by atoms with Gasteiger partial charge in [-0.3, -0.25) is 4.79 Å². The molecule has 0 aromatic carbocycles. The van der Waals surface area contributed by atoms with Gasteiger partial charge in [-0.1, -0.05) is 11.6 Å². The van der Waals surface area contributed by atoms with Crippen LogP contribution in [-0.4, -0.2) is 15.9 Å². The van der Waals surface area contributed by atoms with Gasteiger partial charge in [-0.2, -0.15) is 0 Å². The van der Waals surface area contributed by atoms with Gasteiger partial charge < -0.3 is 5.73 Å². The van der Waals surface area contributed by atoms with Gasteiger partial charge in [0.15, 0.2) is 0 Å². The SMILES string of the molecule is Clc1ccncn1.NC(=O)C1CC1. The lowest BCUT2D eigenvalue weighted by Gasteiger charge is -1.79. The van der Waals surface area contributed by atoms with E-state index in [1.165, 1.54) is 6.33 Å². The van der Waals surface area contributed by atoms with Gasteiger partial charge in [0.1, 0.15) is 11.5 Å². The number of carbonyl (C=O) groups is 1. The van der Waals surface area contributed by atoms with Crippen LogP contribution in [0.1, 0.15) is 12.8 Å². The third kappa shape index (κ3) is 4.42. The lowest BCUT2D eigenvalue weighted by Crippen LogP contribution is -2.11. The Morgan fingerprint density at radius 2 is 2.31 bits per heavy atom. The molecule has 70 valence electrons. The van der Waals surface area contributed by atoms with Crippen molar-refractivity contribution in [3.63, 3.8) is 0 Å². The zero-order valence-corrected chi connectivity index (χ0v) is 7.74. The predicted octanol–water partition coefficient (Wildman–Crippen LogP) is 1.01. The van der Waals surface area contributed by atoms with Crippen molar-refractivity contribution in [1.82, 2.24) is 9.97 Å². The molecule has 1 aromatic rings. The highest BCUT2D eigenvalue weighted by Crippen LogP contribution is 2.27. The summed E-state index contributed by atoms with van der Waals surface area (Å²) >= 11 is 5.39. The van der Waals surface area contributed by atoms with E-state index in [0.717, 1.165) is 12.8 Å². The summed E-state index contributed by atoms with van der Waals surface area (Å²) in [5, 5.41) is 0.481. The van der Waals surface area contributed by atoms with Gasteiger partial charge in [-0.05, 0) is 18.9 Å². The second kappa shape index (κ2) is 4.77. The van der Waals surface area contributed by atoms with Crippen LogP contribution in [0, 0.1) is 5.92 Å². The van der Waals surface area contributed by atoms with Crippen LogP contribution in [0.5, 0.6) is 0 Å². The van der Waals surface area contributed by atoms with Crippen LogP contribution in [0.4, 0.5) is 0 Å². The molecule has 2 rings (SSSR count). The summed E-state index contributed by atoms with van der Waals surface area (Å²) in [5.41, 5.74) is 4.86. The minimum Gasteiger partial charge on any atom is -0.369 e. The van der Waals surface area contributed by atoms with Gasteiger partial charge in [0.2, 0.25) is 5.91 Å². The van der Waals surface area contributed by atoms with E-state index in [2.05, 4.69) is 9.97 Å². The first kappa shape index (κ1) is 9.92. The van der Waals surface area contributed by atoms with Gasteiger partial charge in [0.25, 0.3) is 0 Å². The first-order valence-corrected chi connectivity index (χ1v) is 4.29. The highest BCUT2D eigenvalue weighted by molar-refractivity contribution is 6.29. The van der Waals surface area contributed by atoms with Crippen LogP contribution in [0.3, 0.4) is 0 Å². The molecule has 13 heavy (non-hydrogen) atoms. The fourth-order valence-electron chi connectivity index (χ4n) is 0.642. The zero-order valence-electron chi connectivity index (χ0n) is 6.98. The van der Waals surface area contributed by atoms with E-state index >= 15 is 0 Å². The molecule has 5 heteroatoms. The lowest BCUT2D eigenvalue weighted by molar-refractivity contribution is -0.119. The standard InChI is InChI=1S/C4H3ClN2.C4H7NO/c5-4-1-2-6-3-7-4;5-4(6)3-1-2-3/h1-3H;3H,1-2H2,(H2,5,6). The molecule has 0 atom stereocenters. The van der Waals surface area contributed by atoms with Gasteiger partial charge >= 0.3 is 0 Å². The molecule has 0 spiro atoms. The molecule has 0 radical (unpaired) electrons. The Balaban J connectivity index is 0.000000132. The van der Waals surface area contributed by atoms with Crippen LogP contribution in [-0.2, 0) is 4.79 Å². The number of amides is 1. The summed E-state index contributed by atoms with van der Waals surface area (Å²) in [6.07, 6.45) is 5.04. The van der Waals surface area contributed by atoms with Crippen LogP contribution in [0.15, 0.2) is 18.6 Å². The van der Waals surface area contributed by atoms with Crippen molar-refractivity contribution in [2.75, 3.05) is 0 Å². The Hall–Kier alpha value is -1.16. The number of hydrogen-bond acceptors (Lipinski definition) is 3. The third-order valence-corrected chi connectivity index (χ3v) is 1.75. The van der Waals surface area contributed by atoms with E-state index < -0.39 is 0 Å². The normalized spacial score (nSPS) is 14.2. The predicted molar refractivity (Wildman–Crippen MR) is 49.0 cm³/mol. The van der Waals surface area contributed by atoms with Crippen LogP contribution < -0.4 is 5.73 Å². The number of halogens is 1. The third-order valence-electron chi connectivity index (χ3n) is 1.53. The maximum atomic E-state index is 9.98. The number of primary amides is 1. The van der Waals surface area contributed by atoms with Crippen molar-refractivity contribution in [2.45, 2.75) is 12.8 Å². The van der Waals surface area contributed by atoms with Crippen molar-refractivity contribution >= 4 is 17.5 Å². The Morgan fingerprint density at radius 1 is 1.62 bits per heavy atom. The molecule has 0 aliphatic heterocycles. The van der Waals surface area contributed by atoms with Crippen molar-refractivity contribution in [3.05, 3.63) is 23.7 Å². The average molecular weight is 200 g/mol. The molecular formula is C8H10ClN3O. The van der Waals surface area contributed by atoms with E-state index in [9.17, 15) is 4.79 Å². The highest BCUT2D eigenvalue weighted by atomic mass is 35.5. The maximum absolute atomic E-state index is 9.98. The number of hydrogen-bond donors (Lipinski definition) is 1. The summed E-state index contributed by atoms with van der Waals surface area (Å²) in [5.74, 6) is 0.111. The van der Waals surface area contributed by atoms with Crippen LogP contribution in [0.25, 0.3) is 0 Å². The number of nitrogens with zero attached hydrogens (tertiary/aromatic N) is 2. The first-order valence-electron chi connectivity index (χ1n) is 3.91. The maximum Gasteiger partial charge on any atom is 0.220 e. The van der Waals surface area contributed by atoms with Gasteiger partial charge in [-0.25, -0.2) is 9.97 Å². The quantitative estimate of drug-likeness (QED) is 0.687. The molecule has 1 heterocycles. The Labute approximate surface area is 81.1 Å². The Bertz CT molecular complexity index is 274. The molecule has 1 aromatic heterocycles. The van der Waals surface area contributed by atoms with E-state index in [0.29, 0.717) is 5.15 Å². The molecular weight excluding hydrogens is 190 g/mol. The van der Waals surface area contributed by atoms with Crippen LogP contribution in [0.2, 0.25) is 5.15 Å². The molecule has 1 aliphatic carbocycles. The Kier molecular flexibility index (Phi) is 3.64. The molecule has 0 unspecified atom stereocenters. The molecule has 1 fully saturated rings. The highest BCUT2D eigenvalue weighted by Gasteiger charge is 2.26.